The molecule has 0 aliphatic rings. The number of hydrogen-bond acceptors (Lipinski definition) is 2. The van der Waals surface area contributed by atoms with Crippen molar-refractivity contribution in [2.75, 3.05) is 27.2 Å². The van der Waals surface area contributed by atoms with Gasteiger partial charge in [-0.2, -0.15) is 0 Å². The van der Waals surface area contributed by atoms with Crippen molar-refractivity contribution in [1.29, 1.82) is 0 Å². The number of rotatable bonds is 5. The molecule has 0 aliphatic carbocycles. The highest BCUT2D eigenvalue weighted by atomic mass is 19.1. The molecule has 0 aliphatic heterocycles. The third-order valence-corrected chi connectivity index (χ3v) is 2.49. The van der Waals surface area contributed by atoms with Crippen molar-refractivity contribution in [3.8, 4) is 0 Å². The van der Waals surface area contributed by atoms with Gasteiger partial charge in [0.25, 0.3) is 0 Å². The van der Waals surface area contributed by atoms with E-state index in [4.69, 9.17) is 0 Å². The Labute approximate surface area is 91.1 Å². The minimum absolute atomic E-state index is 0.158. The molecule has 0 radical (unpaired) electrons. The number of nitrogens with zero attached hydrogens (tertiary/aromatic N) is 1. The Morgan fingerprint density at radius 2 is 2.13 bits per heavy atom. The van der Waals surface area contributed by atoms with Gasteiger partial charge in [0.15, 0.2) is 0 Å². The molecule has 0 amide bonds. The molecule has 0 aromatic heterocycles. The van der Waals surface area contributed by atoms with Crippen LogP contribution in [0, 0.1) is 12.7 Å². The van der Waals surface area contributed by atoms with E-state index in [1.807, 2.05) is 20.0 Å². The van der Waals surface area contributed by atoms with E-state index in [9.17, 15) is 4.39 Å². The third-order valence-electron chi connectivity index (χ3n) is 2.49. The van der Waals surface area contributed by atoms with Crippen LogP contribution in [0.1, 0.15) is 11.1 Å². The second-order valence-corrected chi connectivity index (χ2v) is 3.91. The highest BCUT2D eigenvalue weighted by Gasteiger charge is 2.03. The summed E-state index contributed by atoms with van der Waals surface area (Å²) in [5.74, 6) is -0.158. The second-order valence-electron chi connectivity index (χ2n) is 3.91. The van der Waals surface area contributed by atoms with Gasteiger partial charge in [-0.1, -0.05) is 6.07 Å². The van der Waals surface area contributed by atoms with Crippen molar-refractivity contribution in [2.24, 2.45) is 0 Å². The lowest BCUT2D eigenvalue weighted by Crippen LogP contribution is -2.27. The van der Waals surface area contributed by atoms with Gasteiger partial charge >= 0.3 is 0 Å². The molecule has 0 atom stereocenters. The predicted octanol–water partition coefficient (Wildman–Crippen LogP) is 1.79. The van der Waals surface area contributed by atoms with Crippen molar-refractivity contribution >= 4 is 0 Å². The molecule has 1 N–H and O–H groups in total. The maximum atomic E-state index is 12.9. The fraction of sp³-hybridized carbons (Fsp3) is 0.500. The molecule has 0 saturated carbocycles. The van der Waals surface area contributed by atoms with E-state index in [0.717, 1.165) is 25.2 Å². The number of hydrogen-bond donors (Lipinski definition) is 1. The molecular weight excluding hydrogens is 191 g/mol. The molecule has 15 heavy (non-hydrogen) atoms. The Balaban J connectivity index is 2.56. The summed E-state index contributed by atoms with van der Waals surface area (Å²) in [5.41, 5.74) is 2.21. The van der Waals surface area contributed by atoms with Crippen LogP contribution in [0.4, 0.5) is 4.39 Å². The van der Waals surface area contributed by atoms with Gasteiger partial charge < -0.3 is 10.2 Å². The first-order chi connectivity index (χ1) is 7.13. The molecule has 0 fully saturated rings. The first kappa shape index (κ1) is 12.1. The Kier molecular flexibility index (Phi) is 4.72. The highest BCUT2D eigenvalue weighted by molar-refractivity contribution is 5.26. The lowest BCUT2D eigenvalue weighted by molar-refractivity contribution is 0.327. The highest BCUT2D eigenvalue weighted by Crippen LogP contribution is 2.11. The van der Waals surface area contributed by atoms with Crippen LogP contribution in [-0.2, 0) is 6.54 Å². The fourth-order valence-electron chi connectivity index (χ4n) is 1.51. The SMILES string of the molecule is CNCCN(C)Cc1ccc(F)cc1C. The van der Waals surface area contributed by atoms with Crippen LogP contribution in [0.25, 0.3) is 0 Å². The summed E-state index contributed by atoms with van der Waals surface area (Å²) in [6.45, 7) is 4.78. The molecule has 0 heterocycles. The van der Waals surface area contributed by atoms with Crippen LogP contribution in [0.3, 0.4) is 0 Å². The molecule has 84 valence electrons. The zero-order valence-electron chi connectivity index (χ0n) is 9.68. The molecule has 1 aromatic carbocycles. The molecule has 0 unspecified atom stereocenters. The van der Waals surface area contributed by atoms with E-state index in [0.29, 0.717) is 0 Å². The maximum Gasteiger partial charge on any atom is 0.123 e. The number of halogens is 1. The number of aryl methyl sites for hydroxylation is 1. The molecule has 1 aromatic rings. The Bertz CT molecular complexity index is 312. The zero-order chi connectivity index (χ0) is 11.3. The summed E-state index contributed by atoms with van der Waals surface area (Å²) >= 11 is 0. The van der Waals surface area contributed by atoms with E-state index in [1.165, 1.54) is 11.6 Å². The summed E-state index contributed by atoms with van der Waals surface area (Å²) in [7, 11) is 4.01. The quantitative estimate of drug-likeness (QED) is 0.797. The van der Waals surface area contributed by atoms with Crippen molar-refractivity contribution in [3.05, 3.63) is 35.1 Å². The predicted molar refractivity (Wildman–Crippen MR) is 61.4 cm³/mol. The second kappa shape index (κ2) is 5.83. The van der Waals surface area contributed by atoms with Gasteiger partial charge in [0.2, 0.25) is 0 Å². The van der Waals surface area contributed by atoms with E-state index in [-0.39, 0.29) is 5.82 Å². The maximum absolute atomic E-state index is 12.9. The van der Waals surface area contributed by atoms with Crippen LogP contribution in [0.5, 0.6) is 0 Å². The first-order valence-electron chi connectivity index (χ1n) is 5.21. The van der Waals surface area contributed by atoms with E-state index in [2.05, 4.69) is 17.3 Å². The summed E-state index contributed by atoms with van der Waals surface area (Å²) in [5, 5.41) is 3.11. The summed E-state index contributed by atoms with van der Waals surface area (Å²) in [6, 6.07) is 4.97. The largest absolute Gasteiger partial charge is 0.318 e. The Hall–Kier alpha value is -0.930. The van der Waals surface area contributed by atoms with E-state index >= 15 is 0 Å². The molecule has 0 bridgehead atoms. The lowest BCUT2D eigenvalue weighted by atomic mass is 10.1. The van der Waals surface area contributed by atoms with Crippen molar-refractivity contribution in [2.45, 2.75) is 13.5 Å². The average molecular weight is 210 g/mol. The Morgan fingerprint density at radius 3 is 2.73 bits per heavy atom. The third kappa shape index (κ3) is 3.98. The van der Waals surface area contributed by atoms with Gasteiger partial charge in [0.1, 0.15) is 5.82 Å². The van der Waals surface area contributed by atoms with Crippen LogP contribution in [0.2, 0.25) is 0 Å². The lowest BCUT2D eigenvalue weighted by Gasteiger charge is -2.17. The Morgan fingerprint density at radius 1 is 1.40 bits per heavy atom. The molecule has 0 saturated heterocycles. The summed E-state index contributed by atoms with van der Waals surface area (Å²) in [6.07, 6.45) is 0. The minimum Gasteiger partial charge on any atom is -0.318 e. The van der Waals surface area contributed by atoms with Gasteiger partial charge in [-0.25, -0.2) is 4.39 Å². The van der Waals surface area contributed by atoms with Crippen LogP contribution in [-0.4, -0.2) is 32.1 Å². The normalized spacial score (nSPS) is 11.0. The van der Waals surface area contributed by atoms with Gasteiger partial charge in [-0.05, 0) is 44.3 Å². The van der Waals surface area contributed by atoms with E-state index in [1.54, 1.807) is 6.07 Å². The fourth-order valence-corrected chi connectivity index (χ4v) is 1.51. The standard InChI is InChI=1S/C12H19FN2/c1-10-8-12(13)5-4-11(10)9-15(3)7-6-14-2/h4-5,8,14H,6-7,9H2,1-3H3. The van der Waals surface area contributed by atoms with Crippen LogP contribution < -0.4 is 5.32 Å². The summed E-state index contributed by atoms with van der Waals surface area (Å²) in [4.78, 5) is 2.22. The van der Waals surface area contributed by atoms with Crippen molar-refractivity contribution < 1.29 is 4.39 Å². The average Bonchev–Trinajstić information content (AvgIpc) is 2.19. The van der Waals surface area contributed by atoms with Crippen LogP contribution in [0.15, 0.2) is 18.2 Å². The number of nitrogens with one attached hydrogen (secondary N) is 1. The van der Waals surface area contributed by atoms with Gasteiger partial charge in [0.05, 0.1) is 0 Å². The van der Waals surface area contributed by atoms with Crippen molar-refractivity contribution in [1.82, 2.24) is 10.2 Å². The summed E-state index contributed by atoms with van der Waals surface area (Å²) < 4.78 is 12.9. The van der Waals surface area contributed by atoms with Gasteiger partial charge in [0, 0.05) is 19.6 Å². The van der Waals surface area contributed by atoms with Crippen LogP contribution >= 0.6 is 0 Å². The topological polar surface area (TPSA) is 15.3 Å². The molecule has 1 rings (SSSR count). The van der Waals surface area contributed by atoms with Crippen molar-refractivity contribution in [3.63, 3.8) is 0 Å². The molecular formula is C12H19FN2. The first-order valence-corrected chi connectivity index (χ1v) is 5.21. The van der Waals surface area contributed by atoms with E-state index < -0.39 is 0 Å². The number of benzene rings is 1. The zero-order valence-corrected chi connectivity index (χ0v) is 9.68. The molecule has 0 spiro atoms. The monoisotopic (exact) mass is 210 g/mol. The smallest absolute Gasteiger partial charge is 0.123 e. The molecule has 3 heteroatoms. The molecule has 2 nitrogen and oxygen atoms in total. The van der Waals surface area contributed by atoms with Gasteiger partial charge in [-0.3, -0.25) is 0 Å². The van der Waals surface area contributed by atoms with Gasteiger partial charge in [-0.15, -0.1) is 0 Å². The number of likely N-dealkylation sites (N-methyl/N-ethyl adjacent to an activating group) is 2. The minimum atomic E-state index is -0.158.